The summed E-state index contributed by atoms with van der Waals surface area (Å²) in [6.07, 6.45) is 1.84. The summed E-state index contributed by atoms with van der Waals surface area (Å²) >= 11 is 0. The van der Waals surface area contributed by atoms with Crippen LogP contribution in [0, 0.1) is 6.92 Å². The van der Waals surface area contributed by atoms with E-state index in [2.05, 4.69) is 40.5 Å². The van der Waals surface area contributed by atoms with E-state index in [9.17, 15) is 0 Å². The Balaban J connectivity index is 2.00. The maximum Gasteiger partial charge on any atom is 0.225 e. The average Bonchev–Trinajstić information content (AvgIpc) is 2.28. The van der Waals surface area contributed by atoms with Crippen molar-refractivity contribution in [1.29, 1.82) is 0 Å². The minimum atomic E-state index is 0.263. The highest BCUT2D eigenvalue weighted by atomic mass is 15.3. The Labute approximate surface area is 104 Å². The van der Waals surface area contributed by atoms with Crippen molar-refractivity contribution >= 4 is 5.95 Å². The lowest BCUT2D eigenvalue weighted by molar-refractivity contribution is 0.128. The Morgan fingerprint density at radius 3 is 2.29 bits per heavy atom. The fourth-order valence-corrected chi connectivity index (χ4v) is 2.17. The quantitative estimate of drug-likeness (QED) is 0.740. The fraction of sp³-hybridized carbons (Fsp3) is 0.692. The van der Waals surface area contributed by atoms with E-state index in [-0.39, 0.29) is 5.54 Å². The molecule has 0 amide bonds. The normalized spacial score (nSPS) is 18.5. The number of anilines is 1. The summed E-state index contributed by atoms with van der Waals surface area (Å²) in [7, 11) is 0. The minimum Gasteiger partial charge on any atom is -0.338 e. The summed E-state index contributed by atoms with van der Waals surface area (Å²) in [5.74, 6) is 0.874. The first kappa shape index (κ1) is 12.3. The molecule has 0 N–H and O–H groups in total. The average molecular weight is 234 g/mol. The molecule has 17 heavy (non-hydrogen) atoms. The molecule has 0 unspecified atom stereocenters. The van der Waals surface area contributed by atoms with Crippen LogP contribution in [-0.2, 0) is 0 Å². The van der Waals surface area contributed by atoms with Crippen LogP contribution in [0.25, 0.3) is 0 Å². The van der Waals surface area contributed by atoms with E-state index >= 15 is 0 Å². The predicted octanol–water partition coefficient (Wildman–Crippen LogP) is 1.71. The lowest BCUT2D eigenvalue weighted by atomic mass is 10.1. The summed E-state index contributed by atoms with van der Waals surface area (Å²) in [5.41, 5.74) is 1.30. The first-order valence-corrected chi connectivity index (χ1v) is 6.26. The second kappa shape index (κ2) is 4.61. The fourth-order valence-electron chi connectivity index (χ4n) is 2.17. The zero-order chi connectivity index (χ0) is 12.5. The van der Waals surface area contributed by atoms with Gasteiger partial charge < -0.3 is 4.90 Å². The summed E-state index contributed by atoms with van der Waals surface area (Å²) < 4.78 is 0. The predicted molar refractivity (Wildman–Crippen MR) is 70.3 cm³/mol. The molecule has 0 saturated carbocycles. The number of hydrogen-bond acceptors (Lipinski definition) is 4. The molecule has 1 aliphatic rings. The summed E-state index contributed by atoms with van der Waals surface area (Å²) in [4.78, 5) is 13.6. The van der Waals surface area contributed by atoms with Gasteiger partial charge in [0.15, 0.2) is 0 Å². The molecule has 1 fully saturated rings. The van der Waals surface area contributed by atoms with E-state index < -0.39 is 0 Å². The third-order valence-electron chi connectivity index (χ3n) is 3.29. The van der Waals surface area contributed by atoms with Gasteiger partial charge in [0.05, 0.1) is 0 Å². The van der Waals surface area contributed by atoms with Crippen LogP contribution in [0.15, 0.2) is 12.3 Å². The van der Waals surface area contributed by atoms with Crippen LogP contribution in [0.2, 0.25) is 0 Å². The molecule has 0 aliphatic carbocycles. The van der Waals surface area contributed by atoms with Crippen molar-refractivity contribution in [3.63, 3.8) is 0 Å². The van der Waals surface area contributed by atoms with Gasteiger partial charge in [-0.1, -0.05) is 0 Å². The molecule has 0 atom stereocenters. The summed E-state index contributed by atoms with van der Waals surface area (Å²) in [6, 6.07) is 1.94. The molecule has 2 rings (SSSR count). The molecule has 0 spiro atoms. The Kier molecular flexibility index (Phi) is 3.33. The lowest BCUT2D eigenvalue weighted by Gasteiger charge is -2.42. The summed E-state index contributed by atoms with van der Waals surface area (Å²) in [6.45, 7) is 13.0. The third-order valence-corrected chi connectivity index (χ3v) is 3.29. The number of rotatable bonds is 1. The molecule has 2 heterocycles. The first-order valence-electron chi connectivity index (χ1n) is 6.26. The van der Waals surface area contributed by atoms with Gasteiger partial charge in [-0.05, 0) is 33.8 Å². The van der Waals surface area contributed by atoms with Gasteiger partial charge in [-0.3, -0.25) is 4.90 Å². The Morgan fingerprint density at radius 1 is 1.12 bits per heavy atom. The van der Waals surface area contributed by atoms with Crippen molar-refractivity contribution in [2.45, 2.75) is 33.2 Å². The number of piperazine rings is 1. The Bertz CT molecular complexity index is 375. The largest absolute Gasteiger partial charge is 0.338 e. The molecule has 4 heteroatoms. The van der Waals surface area contributed by atoms with E-state index in [1.54, 1.807) is 0 Å². The standard InChI is InChI=1S/C13H22N4/c1-11-5-6-14-12(15-11)16-7-9-17(10-8-16)13(2,3)4/h5-6H,7-10H2,1-4H3. The number of nitrogens with zero attached hydrogens (tertiary/aromatic N) is 4. The molecular formula is C13H22N4. The van der Waals surface area contributed by atoms with Crippen molar-refractivity contribution in [1.82, 2.24) is 14.9 Å². The maximum absolute atomic E-state index is 4.48. The van der Waals surface area contributed by atoms with Crippen molar-refractivity contribution in [2.24, 2.45) is 0 Å². The zero-order valence-electron chi connectivity index (χ0n) is 11.3. The molecule has 1 aromatic heterocycles. The van der Waals surface area contributed by atoms with E-state index in [4.69, 9.17) is 0 Å². The van der Waals surface area contributed by atoms with Gasteiger partial charge in [0, 0.05) is 43.6 Å². The minimum absolute atomic E-state index is 0.263. The first-order chi connectivity index (χ1) is 7.97. The highest BCUT2D eigenvalue weighted by Crippen LogP contribution is 2.18. The molecule has 0 aromatic carbocycles. The van der Waals surface area contributed by atoms with Crippen LogP contribution in [-0.4, -0.2) is 46.6 Å². The van der Waals surface area contributed by atoms with Crippen molar-refractivity contribution in [3.05, 3.63) is 18.0 Å². The van der Waals surface area contributed by atoms with E-state index in [1.807, 2.05) is 19.2 Å². The number of aromatic nitrogens is 2. The molecule has 0 radical (unpaired) electrons. The van der Waals surface area contributed by atoms with Crippen molar-refractivity contribution in [2.75, 3.05) is 31.1 Å². The smallest absolute Gasteiger partial charge is 0.225 e. The monoisotopic (exact) mass is 234 g/mol. The van der Waals surface area contributed by atoms with Gasteiger partial charge in [0.1, 0.15) is 0 Å². The lowest BCUT2D eigenvalue weighted by Crippen LogP contribution is -2.53. The second-order valence-electron chi connectivity index (χ2n) is 5.64. The van der Waals surface area contributed by atoms with Crippen LogP contribution >= 0.6 is 0 Å². The molecule has 4 nitrogen and oxygen atoms in total. The number of aryl methyl sites for hydroxylation is 1. The third kappa shape index (κ3) is 2.94. The molecule has 1 saturated heterocycles. The van der Waals surface area contributed by atoms with Gasteiger partial charge in [-0.2, -0.15) is 0 Å². The van der Waals surface area contributed by atoms with E-state index in [0.29, 0.717) is 0 Å². The maximum atomic E-state index is 4.48. The SMILES string of the molecule is Cc1ccnc(N2CCN(C(C)(C)C)CC2)n1. The van der Waals surface area contributed by atoms with E-state index in [1.165, 1.54) is 0 Å². The Morgan fingerprint density at radius 2 is 1.76 bits per heavy atom. The van der Waals surface area contributed by atoms with Gasteiger partial charge in [-0.15, -0.1) is 0 Å². The molecular weight excluding hydrogens is 212 g/mol. The van der Waals surface area contributed by atoms with Gasteiger partial charge >= 0.3 is 0 Å². The van der Waals surface area contributed by atoms with E-state index in [0.717, 1.165) is 37.8 Å². The molecule has 1 aromatic rings. The Hall–Kier alpha value is -1.16. The zero-order valence-corrected chi connectivity index (χ0v) is 11.3. The number of hydrogen-bond donors (Lipinski definition) is 0. The van der Waals surface area contributed by atoms with Gasteiger partial charge in [0.2, 0.25) is 5.95 Å². The van der Waals surface area contributed by atoms with Gasteiger partial charge in [-0.25, -0.2) is 9.97 Å². The highest BCUT2D eigenvalue weighted by Gasteiger charge is 2.26. The second-order valence-corrected chi connectivity index (χ2v) is 5.64. The topological polar surface area (TPSA) is 32.3 Å². The van der Waals surface area contributed by atoms with Crippen molar-refractivity contribution in [3.8, 4) is 0 Å². The highest BCUT2D eigenvalue weighted by molar-refractivity contribution is 5.30. The van der Waals surface area contributed by atoms with Crippen LogP contribution < -0.4 is 4.90 Å². The molecule has 1 aliphatic heterocycles. The summed E-state index contributed by atoms with van der Waals surface area (Å²) in [5, 5.41) is 0. The van der Waals surface area contributed by atoms with Crippen LogP contribution in [0.5, 0.6) is 0 Å². The van der Waals surface area contributed by atoms with Gasteiger partial charge in [0.25, 0.3) is 0 Å². The molecule has 94 valence electrons. The van der Waals surface area contributed by atoms with Crippen molar-refractivity contribution < 1.29 is 0 Å². The molecule has 0 bridgehead atoms. The van der Waals surface area contributed by atoms with Crippen LogP contribution in [0.3, 0.4) is 0 Å². The van der Waals surface area contributed by atoms with Crippen LogP contribution in [0.1, 0.15) is 26.5 Å². The van der Waals surface area contributed by atoms with Crippen LogP contribution in [0.4, 0.5) is 5.95 Å².